The highest BCUT2D eigenvalue weighted by Crippen LogP contribution is 2.29. The van der Waals surface area contributed by atoms with Gasteiger partial charge in [0.05, 0.1) is 4.47 Å². The molecule has 2 aromatic rings. The molecule has 0 aliphatic heterocycles. The number of aromatic nitrogens is 2. The van der Waals surface area contributed by atoms with Gasteiger partial charge < -0.3 is 10.3 Å². The van der Waals surface area contributed by atoms with E-state index in [2.05, 4.69) is 26.1 Å². The molecule has 0 aliphatic carbocycles. The molecule has 0 fully saturated rings. The molecule has 96 valence electrons. The van der Waals surface area contributed by atoms with Gasteiger partial charge in [0.15, 0.2) is 11.6 Å². The second kappa shape index (κ2) is 5.53. The Labute approximate surface area is 110 Å². The van der Waals surface area contributed by atoms with Gasteiger partial charge in [-0.1, -0.05) is 5.16 Å². The fraction of sp³-hybridized carbons (Fsp3) is 0.273. The van der Waals surface area contributed by atoms with Crippen LogP contribution in [0.25, 0.3) is 11.4 Å². The third kappa shape index (κ3) is 2.56. The van der Waals surface area contributed by atoms with Crippen molar-refractivity contribution in [2.45, 2.75) is 12.8 Å². The van der Waals surface area contributed by atoms with E-state index in [4.69, 9.17) is 10.3 Å². The highest BCUT2D eigenvalue weighted by molar-refractivity contribution is 9.10. The molecule has 0 bridgehead atoms. The lowest BCUT2D eigenvalue weighted by Crippen LogP contribution is -2.00. The predicted octanol–water partition coefficient (Wildman–Crippen LogP) is 2.67. The molecule has 0 unspecified atom stereocenters. The maximum Gasteiger partial charge on any atom is 0.227 e. The fourth-order valence-corrected chi connectivity index (χ4v) is 1.92. The van der Waals surface area contributed by atoms with E-state index in [0.717, 1.165) is 12.5 Å². The molecule has 0 atom stereocenters. The Morgan fingerprint density at radius 1 is 1.33 bits per heavy atom. The fourth-order valence-electron chi connectivity index (χ4n) is 1.42. The summed E-state index contributed by atoms with van der Waals surface area (Å²) < 4.78 is 31.3. The van der Waals surface area contributed by atoms with Gasteiger partial charge in [-0.05, 0) is 41.0 Å². The van der Waals surface area contributed by atoms with Crippen LogP contribution < -0.4 is 5.73 Å². The van der Waals surface area contributed by atoms with Gasteiger partial charge in [-0.15, -0.1) is 0 Å². The topological polar surface area (TPSA) is 64.9 Å². The lowest BCUT2D eigenvalue weighted by molar-refractivity contribution is 0.376. The van der Waals surface area contributed by atoms with E-state index in [1.165, 1.54) is 6.07 Å². The number of rotatable bonds is 4. The van der Waals surface area contributed by atoms with Crippen molar-refractivity contribution in [2.75, 3.05) is 6.54 Å². The molecule has 1 heterocycles. The Hall–Kier alpha value is -1.34. The molecular weight excluding hydrogens is 308 g/mol. The van der Waals surface area contributed by atoms with Crippen LogP contribution in [0.4, 0.5) is 8.78 Å². The van der Waals surface area contributed by atoms with Gasteiger partial charge >= 0.3 is 0 Å². The second-order valence-corrected chi connectivity index (χ2v) is 4.42. The van der Waals surface area contributed by atoms with Crippen LogP contribution in [0.2, 0.25) is 0 Å². The van der Waals surface area contributed by atoms with Crippen LogP contribution in [0.5, 0.6) is 0 Å². The Bertz CT molecular complexity index is 559. The molecule has 1 aromatic carbocycles. The third-order valence-electron chi connectivity index (χ3n) is 2.34. The van der Waals surface area contributed by atoms with Crippen LogP contribution >= 0.6 is 15.9 Å². The molecule has 0 amide bonds. The number of benzene rings is 1. The number of aryl methyl sites for hydroxylation is 1. The van der Waals surface area contributed by atoms with Gasteiger partial charge in [-0.25, -0.2) is 8.78 Å². The van der Waals surface area contributed by atoms with E-state index >= 15 is 0 Å². The first-order chi connectivity index (χ1) is 8.63. The Morgan fingerprint density at radius 3 is 2.83 bits per heavy atom. The van der Waals surface area contributed by atoms with Crippen LogP contribution in [0.15, 0.2) is 21.1 Å². The monoisotopic (exact) mass is 317 g/mol. The highest BCUT2D eigenvalue weighted by Gasteiger charge is 2.16. The smallest absolute Gasteiger partial charge is 0.227 e. The summed E-state index contributed by atoms with van der Waals surface area (Å²) in [5.41, 5.74) is 5.71. The predicted molar refractivity (Wildman–Crippen MR) is 64.7 cm³/mol. The summed E-state index contributed by atoms with van der Waals surface area (Å²) in [6.07, 6.45) is 1.28. The number of nitrogens with two attached hydrogens (primary N) is 1. The zero-order chi connectivity index (χ0) is 13.1. The van der Waals surface area contributed by atoms with E-state index in [1.54, 1.807) is 0 Å². The van der Waals surface area contributed by atoms with E-state index in [0.29, 0.717) is 24.4 Å². The van der Waals surface area contributed by atoms with Crippen molar-refractivity contribution in [3.05, 3.63) is 34.1 Å². The molecule has 2 rings (SSSR count). The number of nitrogens with zero attached hydrogens (tertiary/aromatic N) is 2. The molecule has 18 heavy (non-hydrogen) atoms. The van der Waals surface area contributed by atoms with Crippen molar-refractivity contribution < 1.29 is 13.3 Å². The minimum Gasteiger partial charge on any atom is -0.339 e. The summed E-state index contributed by atoms with van der Waals surface area (Å²) >= 11 is 2.97. The molecule has 0 radical (unpaired) electrons. The summed E-state index contributed by atoms with van der Waals surface area (Å²) in [5.74, 6) is -1.27. The van der Waals surface area contributed by atoms with Crippen LogP contribution in [0.3, 0.4) is 0 Å². The summed E-state index contributed by atoms with van der Waals surface area (Å²) in [4.78, 5) is 4.10. The average Bonchev–Trinajstić information content (AvgIpc) is 2.82. The van der Waals surface area contributed by atoms with Crippen LogP contribution in [-0.2, 0) is 6.42 Å². The van der Waals surface area contributed by atoms with Crippen molar-refractivity contribution in [1.29, 1.82) is 0 Å². The van der Waals surface area contributed by atoms with Gasteiger partial charge in [0.25, 0.3) is 0 Å². The van der Waals surface area contributed by atoms with Crippen molar-refractivity contribution in [3.8, 4) is 11.4 Å². The SMILES string of the molecule is NCCCc1nc(-c2ccc(F)c(F)c2Br)no1. The largest absolute Gasteiger partial charge is 0.339 e. The summed E-state index contributed by atoms with van der Waals surface area (Å²) in [6, 6.07) is 2.41. The molecule has 0 saturated carbocycles. The molecule has 0 aliphatic rings. The minimum absolute atomic E-state index is 0.0197. The molecule has 0 saturated heterocycles. The van der Waals surface area contributed by atoms with Crippen molar-refractivity contribution >= 4 is 15.9 Å². The number of hydrogen-bond acceptors (Lipinski definition) is 4. The lowest BCUT2D eigenvalue weighted by Gasteiger charge is -2.00. The lowest BCUT2D eigenvalue weighted by atomic mass is 10.2. The first-order valence-electron chi connectivity index (χ1n) is 5.30. The maximum atomic E-state index is 13.4. The zero-order valence-corrected chi connectivity index (χ0v) is 10.9. The summed E-state index contributed by atoms with van der Waals surface area (Å²) in [6.45, 7) is 0.520. The standard InChI is InChI=1S/C11H10BrF2N3O/c12-9-6(3-4-7(13)10(9)14)11-16-8(18-17-11)2-1-5-15/h3-4H,1-2,5,15H2. The van der Waals surface area contributed by atoms with Gasteiger partial charge in [-0.3, -0.25) is 0 Å². The van der Waals surface area contributed by atoms with Crippen LogP contribution in [-0.4, -0.2) is 16.7 Å². The minimum atomic E-state index is -0.971. The van der Waals surface area contributed by atoms with Crippen LogP contribution in [0, 0.1) is 11.6 Å². The van der Waals surface area contributed by atoms with Gasteiger partial charge in [0.2, 0.25) is 11.7 Å². The Balaban J connectivity index is 2.31. The summed E-state index contributed by atoms with van der Waals surface area (Å²) in [7, 11) is 0. The number of hydrogen-bond donors (Lipinski definition) is 1. The van der Waals surface area contributed by atoms with E-state index < -0.39 is 11.6 Å². The normalized spacial score (nSPS) is 10.9. The van der Waals surface area contributed by atoms with E-state index in [9.17, 15) is 8.78 Å². The first-order valence-corrected chi connectivity index (χ1v) is 6.09. The molecule has 1 aromatic heterocycles. The highest BCUT2D eigenvalue weighted by atomic mass is 79.9. The molecular formula is C11H10BrF2N3O. The van der Waals surface area contributed by atoms with Crippen molar-refractivity contribution in [2.24, 2.45) is 5.73 Å². The molecule has 4 nitrogen and oxygen atoms in total. The molecule has 7 heteroatoms. The molecule has 2 N–H and O–H groups in total. The van der Waals surface area contributed by atoms with Gasteiger partial charge in [-0.2, -0.15) is 4.98 Å². The molecule has 0 spiro atoms. The quantitative estimate of drug-likeness (QED) is 0.880. The first kappa shape index (κ1) is 13.1. The zero-order valence-electron chi connectivity index (χ0n) is 9.29. The third-order valence-corrected chi connectivity index (χ3v) is 3.11. The van der Waals surface area contributed by atoms with Crippen molar-refractivity contribution in [3.63, 3.8) is 0 Å². The van der Waals surface area contributed by atoms with E-state index in [1.807, 2.05) is 0 Å². The average molecular weight is 318 g/mol. The van der Waals surface area contributed by atoms with Gasteiger partial charge in [0, 0.05) is 12.0 Å². The van der Waals surface area contributed by atoms with Crippen molar-refractivity contribution in [1.82, 2.24) is 10.1 Å². The Kier molecular flexibility index (Phi) is 4.03. The second-order valence-electron chi connectivity index (χ2n) is 3.63. The Morgan fingerprint density at radius 2 is 2.11 bits per heavy atom. The maximum absolute atomic E-state index is 13.4. The summed E-state index contributed by atoms with van der Waals surface area (Å²) in [5, 5.41) is 3.72. The van der Waals surface area contributed by atoms with E-state index in [-0.39, 0.29) is 10.3 Å². The number of halogens is 3. The van der Waals surface area contributed by atoms with Crippen LogP contribution in [0.1, 0.15) is 12.3 Å². The van der Waals surface area contributed by atoms with Gasteiger partial charge in [0.1, 0.15) is 0 Å².